The molecule has 0 spiro atoms. The first kappa shape index (κ1) is 8.62. The van der Waals surface area contributed by atoms with Crippen LogP contribution >= 0.6 is 0 Å². The molecule has 0 aromatic heterocycles. The molecule has 54 valence electrons. The molecule has 0 fully saturated rings. The molecule has 3 heteroatoms. The minimum Gasteiger partial charge on any atom is -0.211 e. The third kappa shape index (κ3) is 4.14. The van der Waals surface area contributed by atoms with E-state index < -0.39 is 0 Å². The second-order valence-corrected chi connectivity index (χ2v) is 1.56. The molecule has 9 heavy (non-hydrogen) atoms. The van der Waals surface area contributed by atoms with Gasteiger partial charge in [0.05, 0.1) is 0 Å². The van der Waals surface area contributed by atoms with Crippen LogP contribution in [0.2, 0.25) is 0 Å². The number of hydrogen-bond acceptors (Lipinski definition) is 3. The minimum atomic E-state index is 0.747. The zero-order chi connectivity index (χ0) is 7.11. The van der Waals surface area contributed by atoms with Crippen LogP contribution in [0.3, 0.4) is 0 Å². The van der Waals surface area contributed by atoms with E-state index in [9.17, 15) is 0 Å². The summed E-state index contributed by atoms with van der Waals surface area (Å²) in [4.78, 5) is 4.94. The lowest BCUT2D eigenvalue weighted by Crippen LogP contribution is -2.29. The molecule has 0 aliphatic heterocycles. The molecule has 0 aromatic carbocycles. The topological polar surface area (TPSA) is 24.5 Å². The number of nitrogens with zero attached hydrogens (tertiary/aromatic N) is 1. The molecule has 0 atom stereocenters. The van der Waals surface area contributed by atoms with E-state index in [4.69, 9.17) is 4.94 Å². The fourth-order valence-electron chi connectivity index (χ4n) is 0.504. The van der Waals surface area contributed by atoms with Crippen LogP contribution in [0.5, 0.6) is 0 Å². The smallest absolute Gasteiger partial charge is 0.0437 e. The minimum absolute atomic E-state index is 0.747. The molecule has 0 heterocycles. The van der Waals surface area contributed by atoms with E-state index in [1.165, 1.54) is 0 Å². The highest BCUT2D eigenvalue weighted by Crippen LogP contribution is 1.84. The number of rotatable bonds is 5. The van der Waals surface area contributed by atoms with Crippen molar-refractivity contribution in [1.29, 1.82) is 0 Å². The lowest BCUT2D eigenvalue weighted by atomic mass is 10.6. The molecule has 0 saturated heterocycles. The van der Waals surface area contributed by atoms with Crippen LogP contribution in [0, 0.1) is 0 Å². The van der Waals surface area contributed by atoms with Crippen molar-refractivity contribution in [1.82, 2.24) is 10.5 Å². The first-order chi connectivity index (χ1) is 4.35. The van der Waals surface area contributed by atoms with Gasteiger partial charge in [-0.05, 0) is 0 Å². The van der Waals surface area contributed by atoms with Crippen molar-refractivity contribution in [3.63, 3.8) is 0 Å². The average Bonchev–Trinajstić information content (AvgIpc) is 1.88. The van der Waals surface area contributed by atoms with Crippen LogP contribution < -0.4 is 5.48 Å². The molecule has 0 unspecified atom stereocenters. The van der Waals surface area contributed by atoms with E-state index >= 15 is 0 Å². The molecule has 0 aromatic rings. The summed E-state index contributed by atoms with van der Waals surface area (Å²) in [5.74, 6) is 0. The van der Waals surface area contributed by atoms with E-state index in [1.54, 1.807) is 18.2 Å². The molecule has 0 saturated carbocycles. The lowest BCUT2D eigenvalue weighted by Gasteiger charge is -2.15. The molecule has 0 bridgehead atoms. The summed E-state index contributed by atoms with van der Waals surface area (Å²) in [7, 11) is 1.73. The molecule has 0 radical (unpaired) electrons. The Balaban J connectivity index is 3.28. The van der Waals surface area contributed by atoms with Gasteiger partial charge in [0.15, 0.2) is 0 Å². The van der Waals surface area contributed by atoms with Crippen molar-refractivity contribution < 1.29 is 4.94 Å². The summed E-state index contributed by atoms with van der Waals surface area (Å²) in [5, 5.41) is 1.76. The van der Waals surface area contributed by atoms with Gasteiger partial charge in [0, 0.05) is 20.1 Å². The van der Waals surface area contributed by atoms with Crippen LogP contribution in [0.25, 0.3) is 0 Å². The van der Waals surface area contributed by atoms with Crippen LogP contribution in [0.1, 0.15) is 6.92 Å². The molecule has 0 rings (SSSR count). The Morgan fingerprint density at radius 2 is 2.44 bits per heavy atom. The Bertz CT molecular complexity index is 75.5. The highest BCUT2D eigenvalue weighted by Gasteiger charge is 1.95. The fraction of sp³-hybridized carbons (Fsp3) is 0.667. The van der Waals surface area contributed by atoms with Crippen LogP contribution in [0.15, 0.2) is 12.7 Å². The maximum Gasteiger partial charge on any atom is 0.0437 e. The third-order valence-electron chi connectivity index (χ3n) is 0.906. The summed E-state index contributed by atoms with van der Waals surface area (Å²) < 4.78 is 0. The van der Waals surface area contributed by atoms with Crippen molar-refractivity contribution in [2.24, 2.45) is 0 Å². The van der Waals surface area contributed by atoms with E-state index in [-0.39, 0.29) is 0 Å². The van der Waals surface area contributed by atoms with Gasteiger partial charge >= 0.3 is 0 Å². The number of likely N-dealkylation sites (N-methyl/N-ethyl adjacent to an activating group) is 1. The molecule has 0 aliphatic carbocycles. The Morgan fingerprint density at radius 1 is 1.78 bits per heavy atom. The monoisotopic (exact) mass is 130 g/mol. The summed E-state index contributed by atoms with van der Waals surface area (Å²) in [6.45, 7) is 7.20. The van der Waals surface area contributed by atoms with Crippen molar-refractivity contribution in [2.75, 3.05) is 20.1 Å². The van der Waals surface area contributed by atoms with E-state index in [2.05, 4.69) is 12.1 Å². The van der Waals surface area contributed by atoms with Gasteiger partial charge in [-0.2, -0.15) is 10.5 Å². The van der Waals surface area contributed by atoms with Crippen molar-refractivity contribution in [3.8, 4) is 0 Å². The van der Waals surface area contributed by atoms with E-state index in [0.717, 1.165) is 13.1 Å². The van der Waals surface area contributed by atoms with Gasteiger partial charge in [0.25, 0.3) is 0 Å². The second-order valence-electron chi connectivity index (χ2n) is 1.56. The molecule has 1 N–H and O–H groups in total. The highest BCUT2D eigenvalue weighted by atomic mass is 16.8. The van der Waals surface area contributed by atoms with Gasteiger partial charge in [0.1, 0.15) is 0 Å². The largest absolute Gasteiger partial charge is 0.211 e. The van der Waals surface area contributed by atoms with E-state index in [1.807, 2.05) is 6.92 Å². The maximum absolute atomic E-state index is 4.94. The summed E-state index contributed by atoms with van der Waals surface area (Å²) in [5.41, 5.74) is 2.58. The van der Waals surface area contributed by atoms with Crippen molar-refractivity contribution in [3.05, 3.63) is 12.7 Å². The average molecular weight is 130 g/mol. The van der Waals surface area contributed by atoms with Gasteiger partial charge in [-0.3, -0.25) is 0 Å². The Kier molecular flexibility index (Phi) is 5.51. The fourth-order valence-corrected chi connectivity index (χ4v) is 0.504. The summed E-state index contributed by atoms with van der Waals surface area (Å²) in [6, 6.07) is 0. The van der Waals surface area contributed by atoms with Crippen LogP contribution in [-0.4, -0.2) is 25.2 Å². The first-order valence-corrected chi connectivity index (χ1v) is 3.04. The first-order valence-electron chi connectivity index (χ1n) is 3.04. The molecule has 3 nitrogen and oxygen atoms in total. The maximum atomic E-state index is 4.94. The summed E-state index contributed by atoms with van der Waals surface area (Å²) >= 11 is 0. The van der Waals surface area contributed by atoms with Crippen molar-refractivity contribution >= 4 is 0 Å². The Labute approximate surface area is 56.2 Å². The zero-order valence-corrected chi connectivity index (χ0v) is 6.05. The molecule has 0 aliphatic rings. The molecular weight excluding hydrogens is 116 g/mol. The van der Waals surface area contributed by atoms with Crippen LogP contribution in [0.4, 0.5) is 0 Å². The van der Waals surface area contributed by atoms with Gasteiger partial charge in [-0.25, -0.2) is 4.94 Å². The standard InChI is InChI=1S/C6H14N2O/c1-4-6-8(5-2)9-7-3/h4,7H,1,5-6H2,2-3H3. The predicted molar refractivity (Wildman–Crippen MR) is 37.6 cm³/mol. The number of hydroxylamine groups is 3. The quantitative estimate of drug-likeness (QED) is 0.434. The predicted octanol–water partition coefficient (Wildman–Crippen LogP) is 0.560. The van der Waals surface area contributed by atoms with Gasteiger partial charge in [-0.15, -0.1) is 6.58 Å². The van der Waals surface area contributed by atoms with Gasteiger partial charge in [0.2, 0.25) is 0 Å². The molecular formula is C6H14N2O. The van der Waals surface area contributed by atoms with Crippen molar-refractivity contribution in [2.45, 2.75) is 6.92 Å². The van der Waals surface area contributed by atoms with Gasteiger partial charge in [-0.1, -0.05) is 13.0 Å². The second kappa shape index (κ2) is 5.75. The third-order valence-corrected chi connectivity index (χ3v) is 0.906. The Hall–Kier alpha value is -0.380. The van der Waals surface area contributed by atoms with Gasteiger partial charge < -0.3 is 0 Å². The SMILES string of the molecule is C=CCN(CC)ONC. The lowest BCUT2D eigenvalue weighted by molar-refractivity contribution is -0.194. The van der Waals surface area contributed by atoms with E-state index in [0.29, 0.717) is 0 Å². The Morgan fingerprint density at radius 3 is 2.78 bits per heavy atom. The normalized spacial score (nSPS) is 10.1. The summed E-state index contributed by atoms with van der Waals surface area (Å²) in [6.07, 6.45) is 1.79. The zero-order valence-electron chi connectivity index (χ0n) is 6.05. The number of hydrogen-bond donors (Lipinski definition) is 1. The molecule has 0 amide bonds. The number of nitrogens with one attached hydrogen (secondary N) is 1. The van der Waals surface area contributed by atoms with Crippen LogP contribution in [-0.2, 0) is 4.94 Å². The highest BCUT2D eigenvalue weighted by molar-refractivity contribution is 4.68.